The average molecular weight is 282 g/mol. The molecule has 3 nitrogen and oxygen atoms in total. The maximum Gasteiger partial charge on any atom is 0.250 e. The highest BCUT2D eigenvalue weighted by Gasteiger charge is 2.18. The van der Waals surface area contributed by atoms with Crippen molar-refractivity contribution < 1.29 is 0 Å². The quantitative estimate of drug-likeness (QED) is 0.935. The summed E-state index contributed by atoms with van der Waals surface area (Å²) < 4.78 is 1.96. The van der Waals surface area contributed by atoms with Gasteiger partial charge in [0.2, 0.25) is 0 Å². The topological polar surface area (TPSA) is 34.0 Å². The Morgan fingerprint density at radius 1 is 1.24 bits per heavy atom. The van der Waals surface area contributed by atoms with Crippen LogP contribution >= 0.6 is 0 Å². The number of nitrogens with one attached hydrogen (secondary N) is 1. The molecule has 0 saturated carbocycles. The zero-order valence-corrected chi connectivity index (χ0v) is 12.7. The standard InChI is InChI=1S/C18H22N2O/c1-13-5-3-7-15(11-13)16(19-2)12-20-17-8-4-6-14(17)9-10-18(20)21/h3,5,7,9-11,16,19H,4,6,8,12H2,1-2H3. The van der Waals surface area contributed by atoms with Gasteiger partial charge in [-0.15, -0.1) is 0 Å². The predicted octanol–water partition coefficient (Wildman–Crippen LogP) is 2.61. The highest BCUT2D eigenvalue weighted by atomic mass is 16.1. The van der Waals surface area contributed by atoms with E-state index in [1.807, 2.05) is 17.7 Å². The molecule has 1 aromatic heterocycles. The molecule has 3 heteroatoms. The zero-order valence-electron chi connectivity index (χ0n) is 12.7. The largest absolute Gasteiger partial charge is 0.312 e. The van der Waals surface area contributed by atoms with Crippen molar-refractivity contribution in [2.24, 2.45) is 0 Å². The number of pyridine rings is 1. The van der Waals surface area contributed by atoms with Gasteiger partial charge in [0.25, 0.3) is 5.56 Å². The molecule has 1 aromatic carbocycles. The molecule has 0 bridgehead atoms. The molecule has 0 spiro atoms. The summed E-state index contributed by atoms with van der Waals surface area (Å²) in [6.45, 7) is 2.80. The van der Waals surface area contributed by atoms with Crippen LogP contribution in [0.1, 0.15) is 34.8 Å². The predicted molar refractivity (Wildman–Crippen MR) is 85.7 cm³/mol. The van der Waals surface area contributed by atoms with Gasteiger partial charge in [-0.1, -0.05) is 35.9 Å². The summed E-state index contributed by atoms with van der Waals surface area (Å²) in [5.74, 6) is 0. The molecule has 0 amide bonds. The highest BCUT2D eigenvalue weighted by Crippen LogP contribution is 2.22. The molecule has 0 radical (unpaired) electrons. The minimum Gasteiger partial charge on any atom is -0.312 e. The molecule has 1 aliphatic carbocycles. The molecular formula is C18H22N2O. The smallest absolute Gasteiger partial charge is 0.250 e. The van der Waals surface area contributed by atoms with Gasteiger partial charge in [0.1, 0.15) is 0 Å². The molecule has 3 rings (SSSR count). The maximum absolute atomic E-state index is 12.3. The number of benzene rings is 1. The SMILES string of the molecule is CNC(Cn1c2c(ccc1=O)CCC2)c1cccc(C)c1. The molecule has 0 aliphatic heterocycles. The third-order valence-electron chi connectivity index (χ3n) is 4.41. The number of rotatable bonds is 4. The number of likely N-dealkylation sites (N-methyl/N-ethyl adjacent to an activating group) is 1. The molecule has 0 fully saturated rings. The monoisotopic (exact) mass is 282 g/mol. The highest BCUT2D eigenvalue weighted by molar-refractivity contribution is 5.28. The lowest BCUT2D eigenvalue weighted by Crippen LogP contribution is -2.30. The number of aryl methyl sites for hydroxylation is 2. The van der Waals surface area contributed by atoms with Crippen molar-refractivity contribution in [1.82, 2.24) is 9.88 Å². The van der Waals surface area contributed by atoms with Crippen LogP contribution in [-0.2, 0) is 19.4 Å². The van der Waals surface area contributed by atoms with Gasteiger partial charge in [0, 0.05) is 18.3 Å². The number of fused-ring (bicyclic) bond motifs is 1. The molecule has 2 aromatic rings. The first-order valence-electron chi connectivity index (χ1n) is 7.64. The summed E-state index contributed by atoms with van der Waals surface area (Å²) in [5.41, 5.74) is 5.17. The molecule has 1 heterocycles. The van der Waals surface area contributed by atoms with Crippen molar-refractivity contribution in [1.29, 1.82) is 0 Å². The molecular weight excluding hydrogens is 260 g/mol. The van der Waals surface area contributed by atoms with Crippen molar-refractivity contribution in [2.75, 3.05) is 7.05 Å². The summed E-state index contributed by atoms with van der Waals surface area (Å²) in [6, 6.07) is 12.4. The fourth-order valence-electron chi connectivity index (χ4n) is 3.27. The van der Waals surface area contributed by atoms with E-state index >= 15 is 0 Å². The van der Waals surface area contributed by atoms with Crippen molar-refractivity contribution in [3.8, 4) is 0 Å². The molecule has 1 unspecified atom stereocenters. The van der Waals surface area contributed by atoms with E-state index in [1.165, 1.54) is 22.4 Å². The number of aromatic nitrogens is 1. The number of hydrogen-bond donors (Lipinski definition) is 1. The van der Waals surface area contributed by atoms with Crippen LogP contribution in [0.4, 0.5) is 0 Å². The summed E-state index contributed by atoms with van der Waals surface area (Å²) in [5, 5.41) is 3.35. The van der Waals surface area contributed by atoms with Crippen molar-refractivity contribution in [3.05, 3.63) is 69.1 Å². The second-order valence-corrected chi connectivity index (χ2v) is 5.86. The van der Waals surface area contributed by atoms with Crippen molar-refractivity contribution in [3.63, 3.8) is 0 Å². The molecule has 1 aliphatic rings. The molecule has 110 valence electrons. The maximum atomic E-state index is 12.3. The van der Waals surface area contributed by atoms with Gasteiger partial charge in [-0.2, -0.15) is 0 Å². The van der Waals surface area contributed by atoms with Crippen LogP contribution < -0.4 is 10.9 Å². The Kier molecular flexibility index (Phi) is 3.93. The van der Waals surface area contributed by atoms with Gasteiger partial charge in [-0.25, -0.2) is 0 Å². The van der Waals surface area contributed by atoms with E-state index in [-0.39, 0.29) is 11.6 Å². The Morgan fingerprint density at radius 3 is 2.86 bits per heavy atom. The molecule has 0 saturated heterocycles. The van der Waals surface area contributed by atoms with Gasteiger partial charge >= 0.3 is 0 Å². The first-order valence-corrected chi connectivity index (χ1v) is 7.64. The third-order valence-corrected chi connectivity index (χ3v) is 4.41. The fraction of sp³-hybridized carbons (Fsp3) is 0.389. The summed E-state index contributed by atoms with van der Waals surface area (Å²) >= 11 is 0. The zero-order chi connectivity index (χ0) is 14.8. The Hall–Kier alpha value is -1.87. The number of hydrogen-bond acceptors (Lipinski definition) is 2. The fourth-order valence-corrected chi connectivity index (χ4v) is 3.27. The third kappa shape index (κ3) is 2.79. The van der Waals surface area contributed by atoms with Gasteiger partial charge in [-0.3, -0.25) is 4.79 Å². The molecule has 21 heavy (non-hydrogen) atoms. The Labute approximate surface area is 125 Å². The van der Waals surface area contributed by atoms with Crippen molar-refractivity contribution in [2.45, 2.75) is 38.8 Å². The first-order chi connectivity index (χ1) is 10.2. The van der Waals surface area contributed by atoms with Crippen LogP contribution in [0.15, 0.2) is 41.2 Å². The van der Waals surface area contributed by atoms with Crippen LogP contribution in [0, 0.1) is 6.92 Å². The van der Waals surface area contributed by atoms with E-state index in [0.717, 1.165) is 19.3 Å². The Morgan fingerprint density at radius 2 is 2.10 bits per heavy atom. The molecule has 1 atom stereocenters. The van der Waals surface area contributed by atoms with Crippen molar-refractivity contribution >= 4 is 0 Å². The van der Waals surface area contributed by atoms with Gasteiger partial charge in [0.05, 0.1) is 6.04 Å². The van der Waals surface area contributed by atoms with E-state index in [0.29, 0.717) is 6.54 Å². The summed E-state index contributed by atoms with van der Waals surface area (Å²) in [4.78, 5) is 12.3. The van der Waals surface area contributed by atoms with Crippen LogP contribution in [0.25, 0.3) is 0 Å². The lowest BCUT2D eigenvalue weighted by molar-refractivity contribution is 0.480. The second kappa shape index (κ2) is 5.86. The van der Waals surface area contributed by atoms with E-state index in [2.05, 4.69) is 36.5 Å². The van der Waals surface area contributed by atoms with Gasteiger partial charge in [0.15, 0.2) is 0 Å². The van der Waals surface area contributed by atoms with E-state index in [9.17, 15) is 4.79 Å². The average Bonchev–Trinajstić information content (AvgIpc) is 2.95. The van der Waals surface area contributed by atoms with Crippen LogP contribution in [-0.4, -0.2) is 11.6 Å². The van der Waals surface area contributed by atoms with Crippen LogP contribution in [0.2, 0.25) is 0 Å². The Balaban J connectivity index is 1.95. The molecule has 1 N–H and O–H groups in total. The van der Waals surface area contributed by atoms with Gasteiger partial charge < -0.3 is 9.88 Å². The lowest BCUT2D eigenvalue weighted by Gasteiger charge is -2.21. The number of nitrogens with zero attached hydrogens (tertiary/aromatic N) is 1. The lowest BCUT2D eigenvalue weighted by atomic mass is 10.0. The van der Waals surface area contributed by atoms with Gasteiger partial charge in [-0.05, 0) is 44.4 Å². The summed E-state index contributed by atoms with van der Waals surface area (Å²) in [6.07, 6.45) is 3.29. The Bertz CT molecular complexity index is 703. The van der Waals surface area contributed by atoms with E-state index in [1.54, 1.807) is 6.07 Å². The first kappa shape index (κ1) is 14.1. The minimum atomic E-state index is 0.114. The van der Waals surface area contributed by atoms with Crippen LogP contribution in [0.5, 0.6) is 0 Å². The second-order valence-electron chi connectivity index (χ2n) is 5.86. The summed E-state index contributed by atoms with van der Waals surface area (Å²) in [7, 11) is 1.96. The van der Waals surface area contributed by atoms with Crippen LogP contribution in [0.3, 0.4) is 0 Å². The van der Waals surface area contributed by atoms with E-state index < -0.39 is 0 Å². The minimum absolute atomic E-state index is 0.114. The normalized spacial score (nSPS) is 15.0. The van der Waals surface area contributed by atoms with E-state index in [4.69, 9.17) is 0 Å².